The Hall–Kier alpha value is -6.38. The number of carbonyl (C=O) groups is 4. The van der Waals surface area contributed by atoms with Crippen LogP contribution in [0.4, 0.5) is 45.2 Å². The molecule has 1 spiro atoms. The molecular weight excluding hydrogens is 898 g/mol. The van der Waals surface area contributed by atoms with Crippen molar-refractivity contribution in [2.75, 3.05) is 68.5 Å². The van der Waals surface area contributed by atoms with E-state index in [0.717, 1.165) is 17.7 Å². The number of carbonyl (C=O) groups excluding carboxylic acids is 4. The molecule has 5 aromatic rings. The Morgan fingerprint density at radius 1 is 0.955 bits per heavy atom. The topological polar surface area (TPSA) is 170 Å². The average molecular weight is 944 g/mol. The summed E-state index contributed by atoms with van der Waals surface area (Å²) in [6, 6.07) is 7.70. The van der Waals surface area contributed by atoms with E-state index in [1.165, 1.54) is 52.1 Å². The highest BCUT2D eigenvalue weighted by molar-refractivity contribution is 6.32. The highest BCUT2D eigenvalue weighted by atomic mass is 35.5. The van der Waals surface area contributed by atoms with Crippen molar-refractivity contribution < 1.29 is 41.5 Å². The van der Waals surface area contributed by atoms with Crippen molar-refractivity contribution in [3.63, 3.8) is 0 Å². The maximum absolute atomic E-state index is 16.1. The molecule has 2 atom stereocenters. The zero-order valence-electron chi connectivity index (χ0n) is 36.8. The summed E-state index contributed by atoms with van der Waals surface area (Å²) in [7, 11) is 3.33. The van der Waals surface area contributed by atoms with Gasteiger partial charge in [-0.15, -0.1) is 5.10 Å². The third-order valence-electron chi connectivity index (χ3n) is 14.0. The van der Waals surface area contributed by atoms with Crippen molar-refractivity contribution in [2.45, 2.75) is 63.6 Å². The second-order valence-electron chi connectivity index (χ2n) is 18.0. The van der Waals surface area contributed by atoms with Gasteiger partial charge < -0.3 is 25.2 Å². The molecule has 7 heterocycles. The van der Waals surface area contributed by atoms with Crippen molar-refractivity contribution in [3.8, 4) is 11.3 Å². The van der Waals surface area contributed by atoms with E-state index in [4.69, 9.17) is 21.4 Å². The predicted molar refractivity (Wildman–Crippen MR) is 239 cm³/mol. The zero-order valence-corrected chi connectivity index (χ0v) is 37.5. The number of imide groups is 1. The number of urea groups is 1. The average Bonchev–Trinajstić information content (AvgIpc) is 3.90. The molecule has 16 nitrogen and oxygen atoms in total. The number of aromatic nitrogens is 4. The van der Waals surface area contributed by atoms with Gasteiger partial charge in [0.25, 0.3) is 17.7 Å². The molecule has 3 saturated heterocycles. The van der Waals surface area contributed by atoms with E-state index < -0.39 is 47.4 Å². The number of anilines is 4. The minimum absolute atomic E-state index is 0.0110. The molecule has 21 heteroatoms. The first kappa shape index (κ1) is 44.5. The van der Waals surface area contributed by atoms with Crippen molar-refractivity contribution >= 4 is 63.9 Å². The number of alkyl halides is 2. The number of piperidine rings is 1. The van der Waals surface area contributed by atoms with E-state index in [1.807, 2.05) is 0 Å². The third kappa shape index (κ3) is 7.67. The number of rotatable bonds is 10. The van der Waals surface area contributed by atoms with Gasteiger partial charge in [0.1, 0.15) is 17.3 Å². The first-order valence-electron chi connectivity index (χ1n) is 22.0. The number of likely N-dealkylation sites (tertiary alicyclic amines) is 2. The molecule has 10 rings (SSSR count). The molecule has 4 aliphatic heterocycles. The maximum Gasteiger partial charge on any atom is 0.328 e. The van der Waals surface area contributed by atoms with E-state index >= 15 is 17.6 Å². The number of pyridine rings is 1. The molecule has 67 heavy (non-hydrogen) atoms. The molecule has 5 amide bonds. The summed E-state index contributed by atoms with van der Waals surface area (Å²) in [6.07, 6.45) is 4.97. The molecular formula is C46H46ClF4N11O5. The number of nitrogens with zero attached hydrogens (tertiary/aromatic N) is 8. The normalized spacial score (nSPS) is 21.0. The van der Waals surface area contributed by atoms with E-state index in [2.05, 4.69) is 25.9 Å². The van der Waals surface area contributed by atoms with Crippen LogP contribution in [0.2, 0.25) is 5.02 Å². The fourth-order valence-corrected chi connectivity index (χ4v) is 10.3. The van der Waals surface area contributed by atoms with Gasteiger partial charge in [0.05, 0.1) is 41.7 Å². The summed E-state index contributed by atoms with van der Waals surface area (Å²) in [5.74, 6) is -5.60. The van der Waals surface area contributed by atoms with E-state index in [1.54, 1.807) is 36.9 Å². The molecule has 0 bridgehead atoms. The minimum Gasteiger partial charge on any atom is -0.385 e. The fraction of sp³-hybridized carbons (Fsp3) is 0.413. The Bertz CT molecular complexity index is 2890. The summed E-state index contributed by atoms with van der Waals surface area (Å²) in [5, 5.41) is 13.3. The van der Waals surface area contributed by atoms with Crippen LogP contribution in [0.25, 0.3) is 16.9 Å². The molecule has 4 fully saturated rings. The number of methoxy groups -OCH3 is 1. The molecule has 0 radical (unpaired) electrons. The Labute approximate surface area is 386 Å². The van der Waals surface area contributed by atoms with Crippen LogP contribution in [0.3, 0.4) is 0 Å². The first-order valence-corrected chi connectivity index (χ1v) is 22.4. The first-order chi connectivity index (χ1) is 32.1. The second kappa shape index (κ2) is 16.7. The summed E-state index contributed by atoms with van der Waals surface area (Å²) in [5.41, 5.74) is 2.47. The SMILES string of the molecule is CNc1cc(N2CCc3c(-c4ncc(CN5CC6(CCN(C(=O)c7cc(Cl)c(C)c(N8CCC(=O)NC8=O)c7)CC6(F)F)C5)cc4F)cc(F)cc32)nn2c(C(=O)NC3CC[C@H]3OC)cnc12. The lowest BCUT2D eigenvalue weighted by atomic mass is 9.69. The van der Waals surface area contributed by atoms with Gasteiger partial charge in [0.2, 0.25) is 5.91 Å². The largest absolute Gasteiger partial charge is 0.385 e. The number of imidazole rings is 1. The van der Waals surface area contributed by atoms with Crippen LogP contribution in [0, 0.1) is 24.0 Å². The van der Waals surface area contributed by atoms with Gasteiger partial charge in [-0.2, -0.15) is 0 Å². The van der Waals surface area contributed by atoms with Crippen molar-refractivity contribution in [1.82, 2.24) is 40.0 Å². The van der Waals surface area contributed by atoms with Gasteiger partial charge in [0, 0.05) is 93.9 Å². The standard InChI is InChI=1S/C46H46ClF4N11O5/c1-24-30(47)13-26(14-34(24)61-10-7-39(63)56-44(61)66)43(65)59-11-8-45(46(50,51)23-59)21-58(22-45)20-25-12-31(49)40(53-18-25)29-15-27(48)16-35-28(29)6-9-60(35)38-17-33(52-2)41-54-19-36(62(41)57-38)42(64)55-32-4-5-37(32)67-3/h12-19,32,37,52H,4-11,20-23H2,1-3H3,(H,55,64)(H,56,63,66)/t32?,37-/m1/s1. The van der Waals surface area contributed by atoms with Crippen LogP contribution >= 0.6 is 11.6 Å². The lowest BCUT2D eigenvalue weighted by Crippen LogP contribution is -2.70. The van der Waals surface area contributed by atoms with Crippen LogP contribution in [-0.2, 0) is 22.5 Å². The van der Waals surface area contributed by atoms with Crippen LogP contribution in [0.15, 0.2) is 48.8 Å². The number of amides is 5. The highest BCUT2D eigenvalue weighted by Crippen LogP contribution is 2.51. The molecule has 350 valence electrons. The summed E-state index contributed by atoms with van der Waals surface area (Å²) in [6.45, 7) is 1.51. The Morgan fingerprint density at radius 3 is 2.45 bits per heavy atom. The predicted octanol–water partition coefficient (Wildman–Crippen LogP) is 6.10. The number of hydrogen-bond donors (Lipinski definition) is 3. The highest BCUT2D eigenvalue weighted by Gasteiger charge is 2.63. The van der Waals surface area contributed by atoms with Gasteiger partial charge in [-0.05, 0) is 79.6 Å². The van der Waals surface area contributed by atoms with Crippen LogP contribution in [-0.4, -0.2) is 125 Å². The van der Waals surface area contributed by atoms with E-state index in [9.17, 15) is 19.2 Å². The molecule has 1 saturated carbocycles. The monoisotopic (exact) mass is 943 g/mol. The fourth-order valence-electron chi connectivity index (χ4n) is 10.1. The number of benzene rings is 2. The van der Waals surface area contributed by atoms with Crippen LogP contribution < -0.4 is 25.8 Å². The molecule has 5 aliphatic rings. The molecule has 3 N–H and O–H groups in total. The van der Waals surface area contributed by atoms with Crippen LogP contribution in [0.1, 0.15) is 63.2 Å². The number of ether oxygens (including phenoxy) is 1. The Morgan fingerprint density at radius 2 is 1.75 bits per heavy atom. The summed E-state index contributed by atoms with van der Waals surface area (Å²) >= 11 is 6.46. The van der Waals surface area contributed by atoms with Gasteiger partial charge in [-0.25, -0.2) is 31.9 Å². The van der Waals surface area contributed by atoms with Gasteiger partial charge in [0.15, 0.2) is 17.2 Å². The smallest absolute Gasteiger partial charge is 0.328 e. The van der Waals surface area contributed by atoms with Gasteiger partial charge in [-0.3, -0.25) is 34.5 Å². The zero-order chi connectivity index (χ0) is 47.1. The summed E-state index contributed by atoms with van der Waals surface area (Å²) in [4.78, 5) is 66.2. The van der Waals surface area contributed by atoms with Gasteiger partial charge >= 0.3 is 6.03 Å². The van der Waals surface area contributed by atoms with Crippen molar-refractivity contribution in [3.05, 3.63) is 93.4 Å². The number of fused-ring (bicyclic) bond motifs is 2. The van der Waals surface area contributed by atoms with E-state index in [0.29, 0.717) is 58.2 Å². The van der Waals surface area contributed by atoms with E-state index in [-0.39, 0.29) is 91.2 Å². The molecule has 2 aromatic carbocycles. The maximum atomic E-state index is 16.1. The lowest BCUT2D eigenvalue weighted by Gasteiger charge is -2.57. The van der Waals surface area contributed by atoms with Crippen molar-refractivity contribution in [1.29, 1.82) is 0 Å². The Balaban J connectivity index is 0.818. The number of hydrogen-bond acceptors (Lipinski definition) is 11. The number of halogens is 5. The molecule has 3 aromatic heterocycles. The lowest BCUT2D eigenvalue weighted by molar-refractivity contribution is -0.220. The quantitative estimate of drug-likeness (QED) is 0.138. The third-order valence-corrected chi connectivity index (χ3v) is 14.4. The Kier molecular flexibility index (Phi) is 11.1. The second-order valence-corrected chi connectivity index (χ2v) is 18.4. The molecule has 1 unspecified atom stereocenters. The van der Waals surface area contributed by atoms with Crippen molar-refractivity contribution in [2.24, 2.45) is 5.41 Å². The molecule has 1 aliphatic carbocycles. The van der Waals surface area contributed by atoms with Gasteiger partial charge in [-0.1, -0.05) is 11.6 Å². The summed E-state index contributed by atoms with van der Waals surface area (Å²) < 4.78 is 70.6. The van der Waals surface area contributed by atoms with Crippen LogP contribution in [0.5, 0.6) is 0 Å². The number of nitrogens with one attached hydrogen (secondary N) is 3. The minimum atomic E-state index is -3.25.